The Hall–Kier alpha value is -3.49. The summed E-state index contributed by atoms with van der Waals surface area (Å²) in [6, 6.07) is 12.4. The molecule has 0 unspecified atom stereocenters. The Morgan fingerprint density at radius 2 is 1.75 bits per heavy atom. The van der Waals surface area contributed by atoms with Gasteiger partial charge in [-0.15, -0.1) is 0 Å². The molecule has 0 radical (unpaired) electrons. The molecule has 0 atom stereocenters. The van der Waals surface area contributed by atoms with Gasteiger partial charge in [0.05, 0.1) is 10.8 Å². The summed E-state index contributed by atoms with van der Waals surface area (Å²) in [4.78, 5) is 36.5. The highest BCUT2D eigenvalue weighted by Gasteiger charge is 2.10. The van der Waals surface area contributed by atoms with E-state index in [9.17, 15) is 23.2 Å². The van der Waals surface area contributed by atoms with Gasteiger partial charge in [0, 0.05) is 6.54 Å². The van der Waals surface area contributed by atoms with Gasteiger partial charge < -0.3 is 10.1 Å². The van der Waals surface area contributed by atoms with Gasteiger partial charge in [0.25, 0.3) is 11.1 Å². The van der Waals surface area contributed by atoms with Crippen molar-refractivity contribution in [1.82, 2.24) is 15.1 Å². The molecule has 1 aromatic heterocycles. The van der Waals surface area contributed by atoms with Gasteiger partial charge in [0.15, 0.2) is 0 Å². The van der Waals surface area contributed by atoms with Crippen LogP contribution in [0.25, 0.3) is 10.8 Å². The summed E-state index contributed by atoms with van der Waals surface area (Å²) in [5.74, 6) is -0.381. The summed E-state index contributed by atoms with van der Waals surface area (Å²) in [7, 11) is 0. The van der Waals surface area contributed by atoms with E-state index in [1.165, 1.54) is 24.3 Å². The molecule has 28 heavy (non-hydrogen) atoms. The second-order valence-electron chi connectivity index (χ2n) is 6.00. The largest absolute Gasteiger partial charge is 0.435 e. The number of carbonyl (C=O) groups excluding carboxylic acids is 1. The molecule has 0 saturated carbocycles. The molecule has 7 nitrogen and oxygen atoms in total. The minimum Gasteiger partial charge on any atom is -0.435 e. The summed E-state index contributed by atoms with van der Waals surface area (Å²) < 4.78 is 29.5. The lowest BCUT2D eigenvalue weighted by molar-refractivity contribution is -0.121. The standard InChI is InChI=1S/C19H17F2N3O4/c20-19(21)28-13-7-5-12(6-8-13)9-10-22-16(25)11-24-18(27)15-4-2-1-3-14(15)17(26)23-24/h1-8,19H,9-11H2,(H,22,25)(H,23,26). The Bertz CT molecular complexity index is 1090. The Labute approximate surface area is 157 Å². The fraction of sp³-hybridized carbons (Fsp3) is 0.211. The van der Waals surface area contributed by atoms with Crippen LogP contribution in [-0.4, -0.2) is 28.8 Å². The van der Waals surface area contributed by atoms with Crippen molar-refractivity contribution in [2.75, 3.05) is 6.54 Å². The quantitative estimate of drug-likeness (QED) is 0.643. The molecular formula is C19H17F2N3O4. The third-order valence-corrected chi connectivity index (χ3v) is 4.07. The van der Waals surface area contributed by atoms with Crippen molar-refractivity contribution in [3.8, 4) is 5.75 Å². The molecule has 1 heterocycles. The lowest BCUT2D eigenvalue weighted by atomic mass is 10.1. The van der Waals surface area contributed by atoms with Crippen molar-refractivity contribution in [3.05, 3.63) is 74.8 Å². The minimum absolute atomic E-state index is 0.0578. The summed E-state index contributed by atoms with van der Waals surface area (Å²) in [6.45, 7) is -2.92. The lowest BCUT2D eigenvalue weighted by Crippen LogP contribution is -2.37. The van der Waals surface area contributed by atoms with E-state index >= 15 is 0 Å². The third-order valence-electron chi connectivity index (χ3n) is 4.07. The Balaban J connectivity index is 1.58. The van der Waals surface area contributed by atoms with Crippen LogP contribution in [0, 0.1) is 0 Å². The Kier molecular flexibility index (Phi) is 5.83. The minimum atomic E-state index is -2.88. The first-order valence-corrected chi connectivity index (χ1v) is 8.46. The highest BCUT2D eigenvalue weighted by Crippen LogP contribution is 2.14. The first-order chi connectivity index (χ1) is 13.4. The van der Waals surface area contributed by atoms with E-state index < -0.39 is 23.6 Å². The van der Waals surface area contributed by atoms with Gasteiger partial charge in [-0.05, 0) is 36.2 Å². The molecule has 0 aliphatic rings. The number of alkyl halides is 2. The van der Waals surface area contributed by atoms with Crippen LogP contribution in [0.15, 0.2) is 58.1 Å². The lowest BCUT2D eigenvalue weighted by Gasteiger charge is -2.09. The summed E-state index contributed by atoms with van der Waals surface area (Å²) in [5, 5.41) is 5.55. The molecule has 0 bridgehead atoms. The predicted octanol–water partition coefficient (Wildman–Crippen LogP) is 1.65. The number of amides is 1. The van der Waals surface area contributed by atoms with Crippen LogP contribution >= 0.6 is 0 Å². The number of aromatic amines is 1. The zero-order chi connectivity index (χ0) is 20.1. The number of halogens is 2. The predicted molar refractivity (Wildman–Crippen MR) is 98.6 cm³/mol. The summed E-state index contributed by atoms with van der Waals surface area (Å²) in [5.41, 5.74) is -0.0905. The van der Waals surface area contributed by atoms with E-state index in [1.54, 1.807) is 24.3 Å². The molecule has 0 fully saturated rings. The van der Waals surface area contributed by atoms with Crippen LogP contribution in [-0.2, 0) is 17.8 Å². The smallest absolute Gasteiger partial charge is 0.387 e. The van der Waals surface area contributed by atoms with E-state index in [2.05, 4.69) is 15.2 Å². The first-order valence-electron chi connectivity index (χ1n) is 8.46. The molecule has 3 rings (SSSR count). The zero-order valence-electron chi connectivity index (χ0n) is 14.7. The normalized spacial score (nSPS) is 11.0. The molecule has 2 N–H and O–H groups in total. The molecule has 146 valence electrons. The summed E-state index contributed by atoms with van der Waals surface area (Å²) >= 11 is 0. The van der Waals surface area contributed by atoms with E-state index in [1.807, 2.05) is 0 Å². The molecule has 0 spiro atoms. The number of ether oxygens (including phenoxy) is 1. The van der Waals surface area contributed by atoms with Gasteiger partial charge in [-0.3, -0.25) is 19.5 Å². The van der Waals surface area contributed by atoms with Gasteiger partial charge >= 0.3 is 6.61 Å². The number of benzene rings is 2. The van der Waals surface area contributed by atoms with Gasteiger partial charge in [-0.1, -0.05) is 24.3 Å². The monoisotopic (exact) mass is 389 g/mol. The molecule has 0 saturated heterocycles. The van der Waals surface area contributed by atoms with Crippen LogP contribution in [0.2, 0.25) is 0 Å². The van der Waals surface area contributed by atoms with E-state index in [0.717, 1.165) is 10.2 Å². The van der Waals surface area contributed by atoms with E-state index in [4.69, 9.17) is 0 Å². The number of carbonyl (C=O) groups is 1. The van der Waals surface area contributed by atoms with Crippen molar-refractivity contribution in [1.29, 1.82) is 0 Å². The maximum Gasteiger partial charge on any atom is 0.387 e. The maximum atomic E-state index is 12.4. The second kappa shape index (κ2) is 8.47. The number of fused-ring (bicyclic) bond motifs is 1. The molecule has 1 amide bonds. The topological polar surface area (TPSA) is 93.2 Å². The number of hydrogen-bond donors (Lipinski definition) is 2. The second-order valence-corrected chi connectivity index (χ2v) is 6.00. The van der Waals surface area contributed by atoms with Crippen molar-refractivity contribution in [2.24, 2.45) is 0 Å². The molecule has 0 aliphatic carbocycles. The molecule has 9 heteroatoms. The SMILES string of the molecule is O=C(Cn1[nH]c(=O)c2ccccc2c1=O)NCCc1ccc(OC(F)F)cc1. The van der Waals surface area contributed by atoms with Crippen molar-refractivity contribution >= 4 is 16.7 Å². The average molecular weight is 389 g/mol. The van der Waals surface area contributed by atoms with Crippen LogP contribution in [0.3, 0.4) is 0 Å². The number of rotatable bonds is 7. The number of nitrogens with zero attached hydrogens (tertiary/aromatic N) is 1. The van der Waals surface area contributed by atoms with Gasteiger partial charge in [-0.2, -0.15) is 8.78 Å². The molecule has 3 aromatic rings. The highest BCUT2D eigenvalue weighted by atomic mass is 19.3. The number of aromatic nitrogens is 2. The van der Waals surface area contributed by atoms with Crippen molar-refractivity contribution in [3.63, 3.8) is 0 Å². The Morgan fingerprint density at radius 1 is 1.07 bits per heavy atom. The maximum absolute atomic E-state index is 12.4. The highest BCUT2D eigenvalue weighted by molar-refractivity contribution is 5.81. The van der Waals surface area contributed by atoms with Crippen LogP contribution in [0.1, 0.15) is 5.56 Å². The average Bonchev–Trinajstić information content (AvgIpc) is 2.67. The number of nitrogens with one attached hydrogen (secondary N) is 2. The van der Waals surface area contributed by atoms with Gasteiger partial charge in [0.1, 0.15) is 12.3 Å². The van der Waals surface area contributed by atoms with E-state index in [-0.39, 0.29) is 29.6 Å². The molecule has 2 aromatic carbocycles. The van der Waals surface area contributed by atoms with Crippen molar-refractivity contribution < 1.29 is 18.3 Å². The third kappa shape index (κ3) is 4.61. The van der Waals surface area contributed by atoms with Gasteiger partial charge in [0.2, 0.25) is 5.91 Å². The van der Waals surface area contributed by atoms with Crippen LogP contribution in [0.4, 0.5) is 8.78 Å². The number of hydrogen-bond acceptors (Lipinski definition) is 4. The molecule has 0 aliphatic heterocycles. The van der Waals surface area contributed by atoms with Crippen LogP contribution < -0.4 is 21.2 Å². The zero-order valence-corrected chi connectivity index (χ0v) is 14.7. The van der Waals surface area contributed by atoms with E-state index in [0.29, 0.717) is 6.42 Å². The van der Waals surface area contributed by atoms with Gasteiger partial charge in [-0.25, -0.2) is 4.68 Å². The Morgan fingerprint density at radius 3 is 2.43 bits per heavy atom. The van der Waals surface area contributed by atoms with Crippen molar-refractivity contribution in [2.45, 2.75) is 19.6 Å². The number of H-pyrrole nitrogens is 1. The first kappa shape index (κ1) is 19.3. The van der Waals surface area contributed by atoms with Crippen LogP contribution in [0.5, 0.6) is 5.75 Å². The molecular weight excluding hydrogens is 372 g/mol. The fourth-order valence-corrected chi connectivity index (χ4v) is 2.74. The summed E-state index contributed by atoms with van der Waals surface area (Å²) in [6.07, 6.45) is 0.462. The fourth-order valence-electron chi connectivity index (χ4n) is 2.74.